The molecule has 1 aromatic carbocycles. The lowest BCUT2D eigenvalue weighted by molar-refractivity contribution is 0.275. The van der Waals surface area contributed by atoms with E-state index in [1.807, 2.05) is 37.3 Å². The van der Waals surface area contributed by atoms with E-state index < -0.39 is 0 Å². The average Bonchev–Trinajstić information content (AvgIpc) is 2.76. The quantitative estimate of drug-likeness (QED) is 0.498. The minimum Gasteiger partial charge on any atom is -0.482 e. The zero-order valence-corrected chi connectivity index (χ0v) is 17.3. The fraction of sp³-hybridized carbons (Fsp3) is 0.435. The number of hydrogen-bond acceptors (Lipinski definition) is 6. The molecule has 0 unspecified atom stereocenters. The molecular formula is C23H30N4O2. The Morgan fingerprint density at radius 3 is 2.72 bits per heavy atom. The largest absolute Gasteiger partial charge is 0.482 e. The standard InChI is InChI=1S/C23H30N4O2/c1-3-5-9-18(13-14-28)26-23-21(15-24-22(4-2)27-23)29-16-19-12-11-17-8-6-7-10-20(17)25-19/h6-8,10-12,15,18,28H,3-5,9,13-14,16H2,1-2H3,(H,24,26,27)/t18-/m0/s1. The molecule has 1 atom stereocenters. The van der Waals surface area contributed by atoms with E-state index in [2.05, 4.69) is 33.3 Å². The monoisotopic (exact) mass is 394 g/mol. The first-order valence-corrected chi connectivity index (χ1v) is 10.4. The number of aryl methyl sites for hydroxylation is 1. The van der Waals surface area contributed by atoms with Gasteiger partial charge < -0.3 is 15.2 Å². The van der Waals surface area contributed by atoms with Crippen LogP contribution >= 0.6 is 0 Å². The number of aromatic nitrogens is 3. The molecule has 0 bridgehead atoms. The summed E-state index contributed by atoms with van der Waals surface area (Å²) in [6, 6.07) is 12.2. The molecule has 0 aliphatic rings. The van der Waals surface area contributed by atoms with Crippen molar-refractivity contribution in [2.24, 2.45) is 0 Å². The van der Waals surface area contributed by atoms with Crippen LogP contribution in [0.4, 0.5) is 5.82 Å². The summed E-state index contributed by atoms with van der Waals surface area (Å²) in [7, 11) is 0. The first kappa shape index (κ1) is 21.0. The van der Waals surface area contributed by atoms with E-state index in [0.29, 0.717) is 24.6 Å². The number of aliphatic hydroxyl groups excluding tert-OH is 1. The van der Waals surface area contributed by atoms with E-state index in [9.17, 15) is 5.11 Å². The predicted octanol–water partition coefficient (Wildman–Crippen LogP) is 4.52. The zero-order chi connectivity index (χ0) is 20.5. The summed E-state index contributed by atoms with van der Waals surface area (Å²) in [5.74, 6) is 2.06. The van der Waals surface area contributed by atoms with Crippen molar-refractivity contribution in [3.05, 3.63) is 54.1 Å². The maximum atomic E-state index is 9.41. The molecule has 6 heteroatoms. The second-order valence-corrected chi connectivity index (χ2v) is 7.13. The summed E-state index contributed by atoms with van der Waals surface area (Å²) in [4.78, 5) is 13.7. The SMILES string of the molecule is CCCC[C@@H](CCO)Nc1nc(CC)ncc1OCc1ccc2ccccc2n1. The zero-order valence-electron chi connectivity index (χ0n) is 17.3. The van der Waals surface area contributed by atoms with Gasteiger partial charge in [-0.25, -0.2) is 15.0 Å². The maximum absolute atomic E-state index is 9.41. The van der Waals surface area contributed by atoms with Gasteiger partial charge in [-0.3, -0.25) is 0 Å². The van der Waals surface area contributed by atoms with Crippen molar-refractivity contribution in [3.8, 4) is 5.75 Å². The van der Waals surface area contributed by atoms with E-state index in [-0.39, 0.29) is 12.6 Å². The molecule has 0 radical (unpaired) electrons. The molecule has 2 heterocycles. The van der Waals surface area contributed by atoms with Gasteiger partial charge in [-0.05, 0) is 25.0 Å². The predicted molar refractivity (Wildman–Crippen MR) is 116 cm³/mol. The molecule has 154 valence electrons. The Kier molecular flexibility index (Phi) is 7.76. The number of fused-ring (bicyclic) bond motifs is 1. The van der Waals surface area contributed by atoms with Crippen LogP contribution < -0.4 is 10.1 Å². The highest BCUT2D eigenvalue weighted by atomic mass is 16.5. The van der Waals surface area contributed by atoms with Gasteiger partial charge in [0.2, 0.25) is 0 Å². The smallest absolute Gasteiger partial charge is 0.180 e. The number of para-hydroxylation sites is 1. The minimum absolute atomic E-state index is 0.143. The van der Waals surface area contributed by atoms with Crippen LogP contribution in [0.15, 0.2) is 42.6 Å². The Hall–Kier alpha value is -2.73. The number of ether oxygens (including phenoxy) is 1. The first-order chi connectivity index (χ1) is 14.2. The van der Waals surface area contributed by atoms with Crippen LogP contribution in [-0.4, -0.2) is 32.7 Å². The number of hydrogen-bond donors (Lipinski definition) is 2. The minimum atomic E-state index is 0.143. The number of nitrogens with zero attached hydrogens (tertiary/aromatic N) is 3. The van der Waals surface area contributed by atoms with E-state index in [1.165, 1.54) is 0 Å². The number of benzene rings is 1. The Bertz CT molecular complexity index is 916. The van der Waals surface area contributed by atoms with Gasteiger partial charge in [0.1, 0.15) is 12.4 Å². The van der Waals surface area contributed by atoms with E-state index in [0.717, 1.165) is 48.1 Å². The first-order valence-electron chi connectivity index (χ1n) is 10.4. The lowest BCUT2D eigenvalue weighted by Crippen LogP contribution is -2.22. The van der Waals surface area contributed by atoms with Gasteiger partial charge in [0, 0.05) is 24.5 Å². The highest BCUT2D eigenvalue weighted by molar-refractivity contribution is 5.78. The van der Waals surface area contributed by atoms with Crippen LogP contribution in [0.3, 0.4) is 0 Å². The van der Waals surface area contributed by atoms with Gasteiger partial charge in [0.15, 0.2) is 11.6 Å². The summed E-state index contributed by atoms with van der Waals surface area (Å²) in [5.41, 5.74) is 1.80. The molecule has 0 saturated heterocycles. The summed E-state index contributed by atoms with van der Waals surface area (Å²) >= 11 is 0. The molecule has 0 aliphatic heterocycles. The average molecular weight is 395 g/mol. The second-order valence-electron chi connectivity index (χ2n) is 7.13. The Labute approximate surface area is 172 Å². The van der Waals surface area contributed by atoms with E-state index in [4.69, 9.17) is 4.74 Å². The molecule has 0 aliphatic carbocycles. The van der Waals surface area contributed by atoms with Gasteiger partial charge >= 0.3 is 0 Å². The van der Waals surface area contributed by atoms with Crippen molar-refractivity contribution in [2.45, 2.75) is 58.6 Å². The lowest BCUT2D eigenvalue weighted by Gasteiger charge is -2.20. The molecule has 6 nitrogen and oxygen atoms in total. The third kappa shape index (κ3) is 5.87. The van der Waals surface area contributed by atoms with Crippen molar-refractivity contribution in [1.82, 2.24) is 15.0 Å². The summed E-state index contributed by atoms with van der Waals surface area (Å²) in [6.07, 6.45) is 6.35. The van der Waals surface area contributed by atoms with Crippen LogP contribution in [0.2, 0.25) is 0 Å². The molecule has 3 rings (SSSR count). The summed E-state index contributed by atoms with van der Waals surface area (Å²) in [5, 5.41) is 14.0. The number of aliphatic hydroxyl groups is 1. The molecule has 0 saturated carbocycles. The fourth-order valence-corrected chi connectivity index (χ4v) is 3.22. The maximum Gasteiger partial charge on any atom is 0.180 e. The second kappa shape index (κ2) is 10.7. The van der Waals surface area contributed by atoms with Gasteiger partial charge in [0.05, 0.1) is 17.4 Å². The Morgan fingerprint density at radius 1 is 1.07 bits per heavy atom. The van der Waals surface area contributed by atoms with Crippen LogP contribution in [0.1, 0.15) is 51.0 Å². The molecule has 0 spiro atoms. The Morgan fingerprint density at radius 2 is 1.93 bits per heavy atom. The molecular weight excluding hydrogens is 364 g/mol. The van der Waals surface area contributed by atoms with Gasteiger partial charge in [0.25, 0.3) is 0 Å². The molecule has 2 N–H and O–H groups in total. The summed E-state index contributed by atoms with van der Waals surface area (Å²) in [6.45, 7) is 4.68. The van der Waals surface area contributed by atoms with Gasteiger partial charge in [-0.2, -0.15) is 0 Å². The van der Waals surface area contributed by atoms with Crippen LogP contribution in [-0.2, 0) is 13.0 Å². The van der Waals surface area contributed by atoms with Crippen LogP contribution in [0.5, 0.6) is 5.75 Å². The van der Waals surface area contributed by atoms with Crippen molar-refractivity contribution in [3.63, 3.8) is 0 Å². The third-order valence-corrected chi connectivity index (χ3v) is 4.88. The molecule has 29 heavy (non-hydrogen) atoms. The van der Waals surface area contributed by atoms with E-state index in [1.54, 1.807) is 6.20 Å². The van der Waals surface area contributed by atoms with Crippen molar-refractivity contribution in [2.75, 3.05) is 11.9 Å². The van der Waals surface area contributed by atoms with Crippen molar-refractivity contribution in [1.29, 1.82) is 0 Å². The number of unbranched alkanes of at least 4 members (excludes halogenated alkanes) is 1. The normalized spacial score (nSPS) is 12.1. The summed E-state index contributed by atoms with van der Waals surface area (Å²) < 4.78 is 6.04. The van der Waals surface area contributed by atoms with Crippen LogP contribution in [0.25, 0.3) is 10.9 Å². The number of nitrogens with one attached hydrogen (secondary N) is 1. The van der Waals surface area contributed by atoms with Crippen LogP contribution in [0, 0.1) is 0 Å². The molecule has 0 amide bonds. The van der Waals surface area contributed by atoms with Gasteiger partial charge in [-0.1, -0.05) is 51.0 Å². The van der Waals surface area contributed by atoms with Crippen molar-refractivity contribution >= 4 is 16.7 Å². The molecule has 3 aromatic rings. The number of anilines is 1. The fourth-order valence-electron chi connectivity index (χ4n) is 3.22. The molecule has 2 aromatic heterocycles. The van der Waals surface area contributed by atoms with E-state index >= 15 is 0 Å². The number of rotatable bonds is 11. The third-order valence-electron chi connectivity index (χ3n) is 4.88. The Balaban J connectivity index is 1.76. The molecule has 0 fully saturated rings. The topological polar surface area (TPSA) is 80.2 Å². The number of pyridine rings is 1. The lowest BCUT2D eigenvalue weighted by atomic mass is 10.1. The van der Waals surface area contributed by atoms with Crippen molar-refractivity contribution < 1.29 is 9.84 Å². The van der Waals surface area contributed by atoms with Gasteiger partial charge in [-0.15, -0.1) is 0 Å². The highest BCUT2D eigenvalue weighted by Gasteiger charge is 2.14. The highest BCUT2D eigenvalue weighted by Crippen LogP contribution is 2.25.